The van der Waals surface area contributed by atoms with Gasteiger partial charge in [0.25, 0.3) is 0 Å². The lowest BCUT2D eigenvalue weighted by Crippen LogP contribution is -2.01. The Bertz CT molecular complexity index is 527. The van der Waals surface area contributed by atoms with Crippen molar-refractivity contribution in [2.75, 3.05) is 5.32 Å². The van der Waals surface area contributed by atoms with Crippen LogP contribution in [0.15, 0.2) is 23.7 Å². The van der Waals surface area contributed by atoms with E-state index in [2.05, 4.69) is 21.4 Å². The van der Waals surface area contributed by atoms with Crippen molar-refractivity contribution in [2.24, 2.45) is 0 Å². The van der Waals surface area contributed by atoms with Crippen molar-refractivity contribution in [1.82, 2.24) is 9.97 Å². The SMILES string of the molecule is Cc1nc(CNc2cc(C#N)ccn2)cs1. The van der Waals surface area contributed by atoms with Crippen LogP contribution in [0.3, 0.4) is 0 Å². The van der Waals surface area contributed by atoms with E-state index in [0.29, 0.717) is 17.9 Å². The quantitative estimate of drug-likeness (QED) is 0.879. The van der Waals surface area contributed by atoms with E-state index in [1.807, 2.05) is 12.3 Å². The molecule has 16 heavy (non-hydrogen) atoms. The summed E-state index contributed by atoms with van der Waals surface area (Å²) >= 11 is 1.62. The summed E-state index contributed by atoms with van der Waals surface area (Å²) < 4.78 is 0. The van der Waals surface area contributed by atoms with Gasteiger partial charge in [0.15, 0.2) is 0 Å². The molecular formula is C11H10N4S. The second-order valence-corrected chi connectivity index (χ2v) is 4.32. The normalized spacial score (nSPS) is 9.75. The first-order chi connectivity index (χ1) is 7.78. The van der Waals surface area contributed by atoms with Crippen LogP contribution in [0.5, 0.6) is 0 Å². The van der Waals surface area contributed by atoms with Gasteiger partial charge in [-0.3, -0.25) is 0 Å². The van der Waals surface area contributed by atoms with Gasteiger partial charge in [0.2, 0.25) is 0 Å². The molecule has 0 atom stereocenters. The Balaban J connectivity index is 2.02. The van der Waals surface area contributed by atoms with Crippen LogP contribution in [0.4, 0.5) is 5.82 Å². The van der Waals surface area contributed by atoms with E-state index in [4.69, 9.17) is 5.26 Å². The number of nitrogens with one attached hydrogen (secondary N) is 1. The Kier molecular flexibility index (Phi) is 3.13. The van der Waals surface area contributed by atoms with E-state index in [0.717, 1.165) is 10.7 Å². The zero-order valence-electron chi connectivity index (χ0n) is 8.77. The fourth-order valence-corrected chi connectivity index (χ4v) is 1.88. The van der Waals surface area contributed by atoms with Crippen molar-refractivity contribution < 1.29 is 0 Å². The number of thiazole rings is 1. The third-order valence-corrected chi connectivity index (χ3v) is 2.83. The van der Waals surface area contributed by atoms with Gasteiger partial charge in [0.1, 0.15) is 5.82 Å². The molecule has 1 N–H and O–H groups in total. The Morgan fingerprint density at radius 3 is 3.12 bits per heavy atom. The first kappa shape index (κ1) is 10.6. The van der Waals surface area contributed by atoms with E-state index >= 15 is 0 Å². The van der Waals surface area contributed by atoms with Gasteiger partial charge in [-0.25, -0.2) is 9.97 Å². The Morgan fingerprint density at radius 2 is 2.44 bits per heavy atom. The molecule has 0 saturated carbocycles. The first-order valence-electron chi connectivity index (χ1n) is 4.79. The standard InChI is InChI=1S/C11H10N4S/c1-8-15-10(7-16-8)6-14-11-4-9(5-12)2-3-13-11/h2-4,7H,6H2,1H3,(H,13,14). The highest BCUT2D eigenvalue weighted by Crippen LogP contribution is 2.11. The van der Waals surface area contributed by atoms with Crippen LogP contribution in [0.1, 0.15) is 16.3 Å². The van der Waals surface area contributed by atoms with Crippen LogP contribution in [0, 0.1) is 18.3 Å². The van der Waals surface area contributed by atoms with E-state index in [1.54, 1.807) is 29.7 Å². The van der Waals surface area contributed by atoms with Gasteiger partial charge in [0, 0.05) is 11.6 Å². The molecule has 0 aliphatic carbocycles. The molecule has 2 heterocycles. The Labute approximate surface area is 97.6 Å². The molecule has 0 fully saturated rings. The predicted molar refractivity (Wildman–Crippen MR) is 63.1 cm³/mol. The number of nitrogens with zero attached hydrogens (tertiary/aromatic N) is 3. The summed E-state index contributed by atoms with van der Waals surface area (Å²) in [6.07, 6.45) is 1.62. The zero-order chi connectivity index (χ0) is 11.4. The fraction of sp³-hybridized carbons (Fsp3) is 0.182. The minimum Gasteiger partial charge on any atom is -0.364 e. The number of hydrogen-bond acceptors (Lipinski definition) is 5. The molecule has 0 unspecified atom stereocenters. The van der Waals surface area contributed by atoms with Gasteiger partial charge in [-0.05, 0) is 19.1 Å². The van der Waals surface area contributed by atoms with Crippen molar-refractivity contribution in [3.8, 4) is 6.07 Å². The lowest BCUT2D eigenvalue weighted by atomic mass is 10.3. The van der Waals surface area contributed by atoms with E-state index in [-0.39, 0.29) is 0 Å². The second-order valence-electron chi connectivity index (χ2n) is 3.25. The molecule has 80 valence electrons. The molecule has 0 amide bonds. The molecular weight excluding hydrogens is 220 g/mol. The number of aryl methyl sites for hydroxylation is 1. The van der Waals surface area contributed by atoms with Crippen LogP contribution in [0.25, 0.3) is 0 Å². The molecule has 0 aliphatic rings. The average Bonchev–Trinajstić information content (AvgIpc) is 2.73. The molecule has 0 aromatic carbocycles. The van der Waals surface area contributed by atoms with Crippen LogP contribution in [-0.2, 0) is 6.54 Å². The van der Waals surface area contributed by atoms with Crippen molar-refractivity contribution in [3.05, 3.63) is 40.0 Å². The van der Waals surface area contributed by atoms with Gasteiger partial charge in [-0.15, -0.1) is 11.3 Å². The first-order valence-corrected chi connectivity index (χ1v) is 5.67. The molecule has 2 aromatic rings. The number of hydrogen-bond donors (Lipinski definition) is 1. The van der Waals surface area contributed by atoms with Gasteiger partial charge in [-0.2, -0.15) is 5.26 Å². The van der Waals surface area contributed by atoms with E-state index < -0.39 is 0 Å². The van der Waals surface area contributed by atoms with Crippen LogP contribution >= 0.6 is 11.3 Å². The highest BCUT2D eigenvalue weighted by Gasteiger charge is 1.99. The summed E-state index contributed by atoms with van der Waals surface area (Å²) in [5.74, 6) is 0.699. The molecule has 0 radical (unpaired) electrons. The van der Waals surface area contributed by atoms with Gasteiger partial charge in [-0.1, -0.05) is 0 Å². The largest absolute Gasteiger partial charge is 0.364 e. The maximum atomic E-state index is 8.73. The average molecular weight is 230 g/mol. The number of aromatic nitrogens is 2. The van der Waals surface area contributed by atoms with Gasteiger partial charge >= 0.3 is 0 Å². The van der Waals surface area contributed by atoms with Crippen molar-refractivity contribution >= 4 is 17.2 Å². The topological polar surface area (TPSA) is 61.6 Å². The molecule has 4 nitrogen and oxygen atoms in total. The monoisotopic (exact) mass is 230 g/mol. The smallest absolute Gasteiger partial charge is 0.127 e. The van der Waals surface area contributed by atoms with Gasteiger partial charge < -0.3 is 5.32 Å². The van der Waals surface area contributed by atoms with Crippen molar-refractivity contribution in [3.63, 3.8) is 0 Å². The molecule has 0 bridgehead atoms. The maximum Gasteiger partial charge on any atom is 0.127 e. The number of rotatable bonds is 3. The summed E-state index contributed by atoms with van der Waals surface area (Å²) in [6, 6.07) is 5.48. The summed E-state index contributed by atoms with van der Waals surface area (Å²) in [6.45, 7) is 2.61. The number of nitriles is 1. The number of pyridine rings is 1. The molecule has 0 spiro atoms. The lowest BCUT2D eigenvalue weighted by Gasteiger charge is -2.02. The fourth-order valence-electron chi connectivity index (χ4n) is 1.27. The molecule has 0 saturated heterocycles. The third-order valence-electron chi connectivity index (χ3n) is 2.01. The highest BCUT2D eigenvalue weighted by molar-refractivity contribution is 7.09. The summed E-state index contributed by atoms with van der Waals surface area (Å²) in [5, 5.41) is 14.9. The zero-order valence-corrected chi connectivity index (χ0v) is 9.58. The minimum absolute atomic E-state index is 0.604. The molecule has 0 aliphatic heterocycles. The highest BCUT2D eigenvalue weighted by atomic mass is 32.1. The van der Waals surface area contributed by atoms with Gasteiger partial charge in [0.05, 0.1) is 28.9 Å². The third kappa shape index (κ3) is 2.55. The maximum absolute atomic E-state index is 8.73. The predicted octanol–water partition coefficient (Wildman–Crippen LogP) is 2.33. The Morgan fingerprint density at radius 1 is 1.56 bits per heavy atom. The lowest BCUT2D eigenvalue weighted by molar-refractivity contribution is 1.04. The molecule has 2 rings (SSSR count). The summed E-state index contributed by atoms with van der Waals surface area (Å²) in [7, 11) is 0. The second kappa shape index (κ2) is 4.73. The van der Waals surface area contributed by atoms with E-state index in [1.165, 1.54) is 0 Å². The summed E-state index contributed by atoms with van der Waals surface area (Å²) in [4.78, 5) is 8.45. The van der Waals surface area contributed by atoms with Crippen LogP contribution in [0.2, 0.25) is 0 Å². The molecule has 5 heteroatoms. The Hall–Kier alpha value is -1.93. The van der Waals surface area contributed by atoms with Crippen LogP contribution < -0.4 is 5.32 Å². The van der Waals surface area contributed by atoms with Crippen molar-refractivity contribution in [2.45, 2.75) is 13.5 Å². The summed E-state index contributed by atoms with van der Waals surface area (Å²) in [5.41, 5.74) is 1.60. The van der Waals surface area contributed by atoms with E-state index in [9.17, 15) is 0 Å². The molecule has 2 aromatic heterocycles. The number of anilines is 1. The van der Waals surface area contributed by atoms with Crippen molar-refractivity contribution in [1.29, 1.82) is 5.26 Å². The van der Waals surface area contributed by atoms with Crippen LogP contribution in [-0.4, -0.2) is 9.97 Å². The minimum atomic E-state index is 0.604.